The van der Waals surface area contributed by atoms with Crippen LogP contribution in [0.15, 0.2) is 21.0 Å². The van der Waals surface area contributed by atoms with Crippen LogP contribution < -0.4 is 5.32 Å². The third-order valence-electron chi connectivity index (χ3n) is 4.19. The molecule has 0 spiro atoms. The average Bonchev–Trinajstić information content (AvgIpc) is 3.26. The highest BCUT2D eigenvalue weighted by Crippen LogP contribution is 2.29. The first-order valence-electron chi connectivity index (χ1n) is 8.47. The zero-order chi connectivity index (χ0) is 19.4. The normalized spacial score (nSPS) is 16.2. The fourth-order valence-electron chi connectivity index (χ4n) is 2.85. The first-order chi connectivity index (χ1) is 12.8. The standard InChI is InChI=1S/C16H21F3N6OS.HI/c1-11-7-12(23-26-11)9-24-3-5-25(6-4-24)15(20-2)21-8-14-22-13(10-27-14)16(17,18)19;/h7,10H,3-6,8-9H2,1-2H3,(H,20,21);1H. The largest absolute Gasteiger partial charge is 0.434 e. The summed E-state index contributed by atoms with van der Waals surface area (Å²) in [6, 6.07) is 1.93. The number of aromatic nitrogens is 2. The third-order valence-corrected chi connectivity index (χ3v) is 5.03. The maximum atomic E-state index is 12.6. The van der Waals surface area contributed by atoms with E-state index in [1.54, 1.807) is 7.05 Å². The van der Waals surface area contributed by atoms with E-state index in [2.05, 4.69) is 30.2 Å². The molecule has 0 saturated carbocycles. The molecule has 1 aliphatic heterocycles. The fourth-order valence-corrected chi connectivity index (χ4v) is 3.59. The number of nitrogens with one attached hydrogen (secondary N) is 1. The zero-order valence-electron chi connectivity index (χ0n) is 15.5. The third kappa shape index (κ3) is 6.04. The molecule has 1 aliphatic rings. The Labute approximate surface area is 182 Å². The van der Waals surface area contributed by atoms with Gasteiger partial charge in [-0.15, -0.1) is 35.3 Å². The molecule has 3 rings (SSSR count). The molecule has 0 unspecified atom stereocenters. The molecule has 28 heavy (non-hydrogen) atoms. The number of hydrogen-bond acceptors (Lipinski definition) is 6. The van der Waals surface area contributed by atoms with Crippen molar-refractivity contribution in [2.75, 3.05) is 33.2 Å². The lowest BCUT2D eigenvalue weighted by Crippen LogP contribution is -2.52. The van der Waals surface area contributed by atoms with Crippen LogP contribution in [-0.2, 0) is 19.3 Å². The Bertz CT molecular complexity index is 785. The zero-order valence-corrected chi connectivity index (χ0v) is 18.6. The Morgan fingerprint density at radius 3 is 2.57 bits per heavy atom. The predicted octanol–water partition coefficient (Wildman–Crippen LogP) is 2.97. The molecule has 7 nitrogen and oxygen atoms in total. The van der Waals surface area contributed by atoms with E-state index in [-0.39, 0.29) is 30.5 Å². The smallest absolute Gasteiger partial charge is 0.361 e. The number of piperazine rings is 1. The van der Waals surface area contributed by atoms with Crippen LogP contribution in [0, 0.1) is 6.92 Å². The van der Waals surface area contributed by atoms with Crippen LogP contribution in [0.1, 0.15) is 22.2 Å². The molecule has 2 aromatic rings. The summed E-state index contributed by atoms with van der Waals surface area (Å²) in [6.07, 6.45) is -4.41. The Kier molecular flexibility index (Phi) is 8.07. The molecule has 0 aromatic carbocycles. The molecule has 1 N–H and O–H groups in total. The van der Waals surface area contributed by atoms with E-state index >= 15 is 0 Å². The average molecular weight is 530 g/mol. The summed E-state index contributed by atoms with van der Waals surface area (Å²) < 4.78 is 43.0. The lowest BCUT2D eigenvalue weighted by Gasteiger charge is -2.36. The van der Waals surface area contributed by atoms with E-state index in [0.717, 1.165) is 60.9 Å². The Balaban J connectivity index is 0.00000280. The van der Waals surface area contributed by atoms with Crippen molar-refractivity contribution in [2.45, 2.75) is 26.2 Å². The van der Waals surface area contributed by atoms with E-state index in [1.807, 2.05) is 13.0 Å². The minimum absolute atomic E-state index is 0. The number of nitrogens with zero attached hydrogens (tertiary/aromatic N) is 5. The number of alkyl halides is 3. The quantitative estimate of drug-likeness (QED) is 0.373. The van der Waals surface area contributed by atoms with Crippen molar-refractivity contribution in [3.63, 3.8) is 0 Å². The number of halogens is 4. The monoisotopic (exact) mass is 530 g/mol. The number of aliphatic imine (C=N–C) groups is 1. The van der Waals surface area contributed by atoms with E-state index < -0.39 is 11.9 Å². The van der Waals surface area contributed by atoms with Crippen LogP contribution in [0.2, 0.25) is 0 Å². The molecular formula is C16H22F3IN6OS. The van der Waals surface area contributed by atoms with Crippen molar-refractivity contribution in [1.29, 1.82) is 0 Å². The summed E-state index contributed by atoms with van der Waals surface area (Å²) in [5.41, 5.74) is 0.0590. The molecule has 0 aliphatic carbocycles. The van der Waals surface area contributed by atoms with Crippen molar-refractivity contribution < 1.29 is 17.7 Å². The van der Waals surface area contributed by atoms with Crippen LogP contribution in [0.3, 0.4) is 0 Å². The number of rotatable bonds is 4. The highest BCUT2D eigenvalue weighted by Gasteiger charge is 2.33. The summed E-state index contributed by atoms with van der Waals surface area (Å²) in [5.74, 6) is 1.46. The van der Waals surface area contributed by atoms with Gasteiger partial charge < -0.3 is 14.7 Å². The molecule has 1 fully saturated rings. The maximum absolute atomic E-state index is 12.6. The first kappa shape index (κ1) is 22.9. The van der Waals surface area contributed by atoms with Crippen molar-refractivity contribution in [1.82, 2.24) is 25.3 Å². The Hall–Kier alpha value is -1.41. The van der Waals surface area contributed by atoms with Gasteiger partial charge in [0.05, 0.1) is 12.2 Å². The predicted molar refractivity (Wildman–Crippen MR) is 111 cm³/mol. The molecular weight excluding hydrogens is 508 g/mol. The van der Waals surface area contributed by atoms with E-state index in [1.165, 1.54) is 0 Å². The molecule has 0 amide bonds. The van der Waals surface area contributed by atoms with Gasteiger partial charge in [-0.1, -0.05) is 5.16 Å². The second-order valence-electron chi connectivity index (χ2n) is 6.22. The first-order valence-corrected chi connectivity index (χ1v) is 9.35. The summed E-state index contributed by atoms with van der Waals surface area (Å²) in [5, 5.41) is 8.52. The number of thiazole rings is 1. The lowest BCUT2D eigenvalue weighted by molar-refractivity contribution is -0.140. The van der Waals surface area contributed by atoms with Crippen molar-refractivity contribution in [3.8, 4) is 0 Å². The van der Waals surface area contributed by atoms with Crippen molar-refractivity contribution in [2.24, 2.45) is 4.99 Å². The molecule has 12 heteroatoms. The summed E-state index contributed by atoms with van der Waals surface area (Å²) in [6.45, 7) is 6.02. The Morgan fingerprint density at radius 2 is 2.04 bits per heavy atom. The van der Waals surface area contributed by atoms with Crippen molar-refractivity contribution >= 4 is 41.3 Å². The summed E-state index contributed by atoms with van der Waals surface area (Å²) >= 11 is 0.988. The van der Waals surface area contributed by atoms with Gasteiger partial charge in [0.2, 0.25) is 0 Å². The minimum Gasteiger partial charge on any atom is -0.361 e. The maximum Gasteiger partial charge on any atom is 0.434 e. The second-order valence-corrected chi connectivity index (χ2v) is 7.16. The van der Waals surface area contributed by atoms with Gasteiger partial charge in [0.1, 0.15) is 10.8 Å². The van der Waals surface area contributed by atoms with Crippen molar-refractivity contribution in [3.05, 3.63) is 33.6 Å². The number of aryl methyl sites for hydroxylation is 1. The van der Waals surface area contributed by atoms with Gasteiger partial charge in [-0.3, -0.25) is 9.89 Å². The second kappa shape index (κ2) is 9.87. The SMILES string of the molecule is CN=C(NCc1nc(C(F)(F)F)cs1)N1CCN(Cc2cc(C)on2)CC1.I. The van der Waals surface area contributed by atoms with Gasteiger partial charge in [0.25, 0.3) is 0 Å². The van der Waals surface area contributed by atoms with Gasteiger partial charge in [-0.2, -0.15) is 13.2 Å². The van der Waals surface area contributed by atoms with Crippen LogP contribution in [0.4, 0.5) is 13.2 Å². The van der Waals surface area contributed by atoms with Crippen LogP contribution in [0.5, 0.6) is 0 Å². The lowest BCUT2D eigenvalue weighted by atomic mass is 10.3. The highest BCUT2D eigenvalue weighted by atomic mass is 127. The molecule has 3 heterocycles. The van der Waals surface area contributed by atoms with Gasteiger partial charge >= 0.3 is 6.18 Å². The van der Waals surface area contributed by atoms with Gasteiger partial charge in [-0.05, 0) is 6.92 Å². The minimum atomic E-state index is -4.41. The Morgan fingerprint density at radius 1 is 1.32 bits per heavy atom. The highest BCUT2D eigenvalue weighted by molar-refractivity contribution is 14.0. The molecule has 0 radical (unpaired) electrons. The van der Waals surface area contributed by atoms with E-state index in [9.17, 15) is 13.2 Å². The molecule has 156 valence electrons. The molecule has 1 saturated heterocycles. The number of guanidine groups is 1. The van der Waals surface area contributed by atoms with Gasteiger partial charge in [0, 0.05) is 51.2 Å². The molecule has 0 atom stereocenters. The number of hydrogen-bond donors (Lipinski definition) is 1. The topological polar surface area (TPSA) is 69.8 Å². The fraction of sp³-hybridized carbons (Fsp3) is 0.562. The molecule has 0 bridgehead atoms. The van der Waals surface area contributed by atoms with Crippen LogP contribution >= 0.6 is 35.3 Å². The van der Waals surface area contributed by atoms with Crippen LogP contribution in [-0.4, -0.2) is 59.1 Å². The van der Waals surface area contributed by atoms with E-state index in [4.69, 9.17) is 4.52 Å². The van der Waals surface area contributed by atoms with E-state index in [0.29, 0.717) is 11.0 Å². The summed E-state index contributed by atoms with van der Waals surface area (Å²) in [7, 11) is 1.66. The molecule has 2 aromatic heterocycles. The van der Waals surface area contributed by atoms with Crippen LogP contribution in [0.25, 0.3) is 0 Å². The summed E-state index contributed by atoms with van der Waals surface area (Å²) in [4.78, 5) is 12.2. The van der Waals surface area contributed by atoms with Gasteiger partial charge in [0.15, 0.2) is 11.7 Å². The van der Waals surface area contributed by atoms with Gasteiger partial charge in [-0.25, -0.2) is 4.98 Å².